The summed E-state index contributed by atoms with van der Waals surface area (Å²) in [4.78, 5) is 14.3. The normalized spacial score (nSPS) is 15.4. The minimum Gasteiger partial charge on any atom is -0.459 e. The lowest BCUT2D eigenvalue weighted by molar-refractivity contribution is -0.129. The van der Waals surface area contributed by atoms with E-state index in [0.29, 0.717) is 17.0 Å². The molecular formula is C17H19N5O2S. The van der Waals surface area contributed by atoms with Crippen LogP contribution in [0.4, 0.5) is 0 Å². The molecule has 25 heavy (non-hydrogen) atoms. The Morgan fingerprint density at radius 3 is 3.00 bits per heavy atom. The summed E-state index contributed by atoms with van der Waals surface area (Å²) in [5.41, 5.74) is 0.836. The second-order valence-electron chi connectivity index (χ2n) is 6.29. The number of furan rings is 1. The number of nitrogens with zero attached hydrogens (tertiary/aromatic N) is 5. The van der Waals surface area contributed by atoms with Crippen LogP contribution in [0.2, 0.25) is 0 Å². The smallest absolute Gasteiger partial charge is 0.233 e. The molecule has 7 nitrogen and oxygen atoms in total. The van der Waals surface area contributed by atoms with Gasteiger partial charge in [-0.05, 0) is 42.3 Å². The molecule has 1 unspecified atom stereocenters. The molecule has 0 bridgehead atoms. The first kappa shape index (κ1) is 16.1. The highest BCUT2D eigenvalue weighted by atomic mass is 32.2. The molecule has 0 saturated heterocycles. The molecule has 1 aliphatic carbocycles. The summed E-state index contributed by atoms with van der Waals surface area (Å²) in [7, 11) is 1.80. The second kappa shape index (κ2) is 6.51. The van der Waals surface area contributed by atoms with E-state index in [-0.39, 0.29) is 11.9 Å². The van der Waals surface area contributed by atoms with Crippen molar-refractivity contribution in [3.05, 3.63) is 36.1 Å². The van der Waals surface area contributed by atoms with Gasteiger partial charge in [0.2, 0.25) is 11.1 Å². The predicted molar refractivity (Wildman–Crippen MR) is 94.2 cm³/mol. The molecule has 4 rings (SSSR count). The number of fused-ring (bicyclic) bond motifs is 1. The highest BCUT2D eigenvalue weighted by Crippen LogP contribution is 2.36. The van der Waals surface area contributed by atoms with E-state index in [0.717, 1.165) is 29.6 Å². The lowest BCUT2D eigenvalue weighted by Gasteiger charge is -2.23. The maximum Gasteiger partial charge on any atom is 0.233 e. The van der Waals surface area contributed by atoms with Gasteiger partial charge in [-0.15, -0.1) is 5.10 Å². The number of carbonyl (C=O) groups excluding carboxylic acids is 1. The van der Waals surface area contributed by atoms with Gasteiger partial charge in [-0.1, -0.05) is 30.0 Å². The van der Waals surface area contributed by atoms with Gasteiger partial charge in [-0.3, -0.25) is 4.79 Å². The van der Waals surface area contributed by atoms with E-state index < -0.39 is 0 Å². The standard InChI is InChI=1S/C17H19N5O2S/c1-11(15-9-12-5-3-4-6-14(12)24-15)21(2)16(23)10-25-17-18-19-20-22(17)13-7-8-13/h3-6,9,11,13H,7-8,10H2,1-2H3. The molecule has 0 spiro atoms. The molecular weight excluding hydrogens is 338 g/mol. The third-order valence-electron chi connectivity index (χ3n) is 4.51. The number of aromatic nitrogens is 4. The van der Waals surface area contributed by atoms with Crippen LogP contribution in [0.25, 0.3) is 11.0 Å². The molecule has 130 valence electrons. The molecule has 3 aromatic rings. The van der Waals surface area contributed by atoms with Crippen LogP contribution in [0, 0.1) is 0 Å². The molecule has 2 heterocycles. The number of amides is 1. The quantitative estimate of drug-likeness (QED) is 0.631. The van der Waals surface area contributed by atoms with Gasteiger partial charge < -0.3 is 9.32 Å². The lowest BCUT2D eigenvalue weighted by Crippen LogP contribution is -2.31. The predicted octanol–water partition coefficient (Wildman–Crippen LogP) is 3.07. The van der Waals surface area contributed by atoms with Crippen molar-refractivity contribution >= 4 is 28.6 Å². The summed E-state index contributed by atoms with van der Waals surface area (Å²) in [6.07, 6.45) is 2.21. The van der Waals surface area contributed by atoms with Crippen LogP contribution in [-0.2, 0) is 4.79 Å². The fourth-order valence-electron chi connectivity index (χ4n) is 2.67. The van der Waals surface area contributed by atoms with Crippen LogP contribution in [0.5, 0.6) is 0 Å². The molecule has 2 aromatic heterocycles. The summed E-state index contributed by atoms with van der Waals surface area (Å²) in [5, 5.41) is 13.5. The van der Waals surface area contributed by atoms with Crippen LogP contribution in [0.15, 0.2) is 39.9 Å². The largest absolute Gasteiger partial charge is 0.459 e. The maximum atomic E-state index is 12.6. The Morgan fingerprint density at radius 1 is 1.44 bits per heavy atom. The minimum absolute atomic E-state index is 0.0169. The topological polar surface area (TPSA) is 77.1 Å². The Morgan fingerprint density at radius 2 is 2.24 bits per heavy atom. The third-order valence-corrected chi connectivity index (χ3v) is 5.43. The van der Waals surface area contributed by atoms with E-state index in [4.69, 9.17) is 4.42 Å². The first-order valence-corrected chi connectivity index (χ1v) is 9.27. The van der Waals surface area contributed by atoms with Crippen LogP contribution in [-0.4, -0.2) is 43.8 Å². The van der Waals surface area contributed by atoms with Crippen LogP contribution in [0.1, 0.15) is 37.6 Å². The number of benzene rings is 1. The maximum absolute atomic E-state index is 12.6. The Balaban J connectivity index is 1.41. The van der Waals surface area contributed by atoms with Gasteiger partial charge in [-0.25, -0.2) is 4.68 Å². The van der Waals surface area contributed by atoms with E-state index in [2.05, 4.69) is 15.5 Å². The summed E-state index contributed by atoms with van der Waals surface area (Å²) < 4.78 is 7.69. The summed E-state index contributed by atoms with van der Waals surface area (Å²) >= 11 is 1.38. The van der Waals surface area contributed by atoms with E-state index >= 15 is 0 Å². The summed E-state index contributed by atoms with van der Waals surface area (Å²) in [6, 6.07) is 10.1. The van der Waals surface area contributed by atoms with Gasteiger partial charge in [0.05, 0.1) is 17.8 Å². The average Bonchev–Trinajstić information content (AvgIpc) is 3.20. The Bertz CT molecular complexity index is 868. The van der Waals surface area contributed by atoms with Crippen molar-refractivity contribution in [3.8, 4) is 0 Å². The van der Waals surface area contributed by atoms with Crippen molar-refractivity contribution in [2.75, 3.05) is 12.8 Å². The number of tetrazole rings is 1. The van der Waals surface area contributed by atoms with Crippen LogP contribution in [0.3, 0.4) is 0 Å². The Kier molecular flexibility index (Phi) is 4.20. The van der Waals surface area contributed by atoms with E-state index in [1.54, 1.807) is 11.9 Å². The summed E-state index contributed by atoms with van der Waals surface area (Å²) in [5.74, 6) is 1.10. The van der Waals surface area contributed by atoms with Gasteiger partial charge in [-0.2, -0.15) is 0 Å². The van der Waals surface area contributed by atoms with Crippen molar-refractivity contribution in [1.29, 1.82) is 0 Å². The fourth-order valence-corrected chi connectivity index (χ4v) is 3.54. The second-order valence-corrected chi connectivity index (χ2v) is 7.24. The van der Waals surface area contributed by atoms with E-state index in [9.17, 15) is 4.79 Å². The minimum atomic E-state index is -0.139. The highest BCUT2D eigenvalue weighted by molar-refractivity contribution is 7.99. The zero-order valence-electron chi connectivity index (χ0n) is 14.1. The van der Waals surface area contributed by atoms with Gasteiger partial charge >= 0.3 is 0 Å². The van der Waals surface area contributed by atoms with Crippen LogP contribution < -0.4 is 0 Å². The molecule has 0 radical (unpaired) electrons. The molecule has 0 aliphatic heterocycles. The Labute approximate surface area is 149 Å². The lowest BCUT2D eigenvalue weighted by atomic mass is 10.2. The number of thioether (sulfide) groups is 1. The molecule has 1 aromatic carbocycles. The average molecular weight is 357 g/mol. The van der Waals surface area contributed by atoms with Crippen molar-refractivity contribution in [2.24, 2.45) is 0 Å². The number of hydrogen-bond donors (Lipinski definition) is 0. The van der Waals surface area contributed by atoms with Crippen molar-refractivity contribution in [1.82, 2.24) is 25.1 Å². The molecule has 1 fully saturated rings. The van der Waals surface area contributed by atoms with Crippen molar-refractivity contribution in [2.45, 2.75) is 37.0 Å². The number of rotatable bonds is 6. The number of para-hydroxylation sites is 1. The summed E-state index contributed by atoms with van der Waals surface area (Å²) in [6.45, 7) is 1.97. The van der Waals surface area contributed by atoms with Crippen molar-refractivity contribution < 1.29 is 9.21 Å². The fraction of sp³-hybridized carbons (Fsp3) is 0.412. The first-order valence-electron chi connectivity index (χ1n) is 8.28. The molecule has 1 saturated carbocycles. The Hall–Kier alpha value is -2.35. The van der Waals surface area contributed by atoms with Gasteiger partial charge in [0.1, 0.15) is 11.3 Å². The number of hydrogen-bond acceptors (Lipinski definition) is 6. The highest BCUT2D eigenvalue weighted by Gasteiger charge is 2.28. The zero-order valence-corrected chi connectivity index (χ0v) is 14.9. The van der Waals surface area contributed by atoms with E-state index in [1.165, 1.54) is 11.8 Å². The van der Waals surface area contributed by atoms with Gasteiger partial charge in [0, 0.05) is 12.4 Å². The molecule has 1 amide bonds. The van der Waals surface area contributed by atoms with E-state index in [1.807, 2.05) is 41.9 Å². The molecule has 1 atom stereocenters. The third kappa shape index (κ3) is 3.26. The first-order chi connectivity index (χ1) is 12.1. The SMILES string of the molecule is CC(c1cc2ccccc2o1)N(C)C(=O)CSc1nnnn1C1CC1. The van der Waals surface area contributed by atoms with Gasteiger partial charge in [0.25, 0.3) is 0 Å². The number of carbonyl (C=O) groups is 1. The zero-order chi connectivity index (χ0) is 17.4. The van der Waals surface area contributed by atoms with Crippen LogP contribution >= 0.6 is 11.8 Å². The molecule has 1 aliphatic rings. The molecule has 0 N–H and O–H groups in total. The van der Waals surface area contributed by atoms with Gasteiger partial charge in [0.15, 0.2) is 0 Å². The monoisotopic (exact) mass is 357 g/mol. The molecule has 8 heteroatoms. The van der Waals surface area contributed by atoms with Crippen molar-refractivity contribution in [3.63, 3.8) is 0 Å².